The second kappa shape index (κ2) is 9.89. The Morgan fingerprint density at radius 1 is 0.625 bits per heavy atom. The molecule has 2 aromatic carbocycles. The molecule has 128 valence electrons. The highest BCUT2D eigenvalue weighted by molar-refractivity contribution is 5.67. The van der Waals surface area contributed by atoms with Crippen LogP contribution in [0.5, 0.6) is 11.5 Å². The number of carbonyl (C=O) groups is 2. The fourth-order valence-corrected chi connectivity index (χ4v) is 1.83. The van der Waals surface area contributed by atoms with Crippen LogP contribution in [0.1, 0.15) is 24.0 Å². The zero-order valence-electron chi connectivity index (χ0n) is 13.1. The van der Waals surface area contributed by atoms with Crippen molar-refractivity contribution in [3.05, 3.63) is 59.7 Å². The maximum absolute atomic E-state index is 10.2. The highest BCUT2D eigenvalue weighted by Gasteiger charge is 1.99. The Morgan fingerprint density at radius 2 is 0.917 bits per heavy atom. The fraction of sp³-hybridized carbons (Fsp3) is 0.222. The monoisotopic (exact) mass is 332 g/mol. The van der Waals surface area contributed by atoms with Crippen LogP contribution in [-0.2, 0) is 22.4 Å². The topological polar surface area (TPSA) is 115 Å². The molecule has 24 heavy (non-hydrogen) atoms. The van der Waals surface area contributed by atoms with Crippen molar-refractivity contribution in [3.8, 4) is 11.5 Å². The summed E-state index contributed by atoms with van der Waals surface area (Å²) >= 11 is 0. The number of phenols is 2. The third kappa shape index (κ3) is 8.43. The van der Waals surface area contributed by atoms with Crippen LogP contribution in [0.3, 0.4) is 0 Å². The number of hydrogen-bond donors (Lipinski definition) is 4. The molecule has 0 bridgehead atoms. The van der Waals surface area contributed by atoms with E-state index in [1.807, 2.05) is 0 Å². The molecule has 6 heteroatoms. The van der Waals surface area contributed by atoms with Gasteiger partial charge in [-0.15, -0.1) is 0 Å². The highest BCUT2D eigenvalue weighted by Crippen LogP contribution is 2.11. The fourth-order valence-electron chi connectivity index (χ4n) is 1.83. The number of rotatable bonds is 6. The van der Waals surface area contributed by atoms with Crippen LogP contribution in [0.4, 0.5) is 0 Å². The van der Waals surface area contributed by atoms with Crippen LogP contribution in [-0.4, -0.2) is 32.4 Å². The lowest BCUT2D eigenvalue weighted by molar-refractivity contribution is -0.138. The number of aryl methyl sites for hydroxylation is 2. The summed E-state index contributed by atoms with van der Waals surface area (Å²) in [6, 6.07) is 13.1. The second-order valence-electron chi connectivity index (χ2n) is 5.12. The smallest absolute Gasteiger partial charge is 0.303 e. The minimum Gasteiger partial charge on any atom is -0.508 e. The Labute approximate surface area is 139 Å². The maximum Gasteiger partial charge on any atom is 0.303 e. The van der Waals surface area contributed by atoms with E-state index in [9.17, 15) is 9.59 Å². The van der Waals surface area contributed by atoms with Crippen molar-refractivity contribution in [1.82, 2.24) is 0 Å². The molecular weight excluding hydrogens is 312 g/mol. The molecule has 2 aromatic rings. The average Bonchev–Trinajstić information content (AvgIpc) is 2.54. The number of aliphatic carboxylic acids is 2. The summed E-state index contributed by atoms with van der Waals surface area (Å²) in [5.41, 5.74) is 1.85. The molecule has 0 atom stereocenters. The zero-order valence-corrected chi connectivity index (χ0v) is 13.1. The van der Waals surface area contributed by atoms with E-state index in [1.54, 1.807) is 48.5 Å². The van der Waals surface area contributed by atoms with Crippen molar-refractivity contribution in [1.29, 1.82) is 0 Å². The van der Waals surface area contributed by atoms with Crippen molar-refractivity contribution < 1.29 is 30.0 Å². The Morgan fingerprint density at radius 3 is 1.17 bits per heavy atom. The van der Waals surface area contributed by atoms with Crippen molar-refractivity contribution in [2.75, 3.05) is 0 Å². The minimum atomic E-state index is -0.803. The van der Waals surface area contributed by atoms with E-state index in [1.165, 1.54) is 0 Å². The number of aromatic hydroxyl groups is 2. The first kappa shape index (κ1) is 19.0. The molecule has 0 aliphatic heterocycles. The Hall–Kier alpha value is -3.02. The molecule has 6 nitrogen and oxygen atoms in total. The summed E-state index contributed by atoms with van der Waals surface area (Å²) in [4.78, 5) is 20.4. The Kier molecular flexibility index (Phi) is 7.84. The minimum absolute atomic E-state index is 0.130. The SMILES string of the molecule is O=C(O)CCc1ccc(O)cc1.O=C(O)CCc1ccc(O)cc1. The molecule has 0 fully saturated rings. The number of carboxylic acid groups (broad SMARTS) is 2. The molecule has 0 aliphatic carbocycles. The molecule has 4 N–H and O–H groups in total. The van der Waals surface area contributed by atoms with Gasteiger partial charge in [-0.1, -0.05) is 24.3 Å². The highest BCUT2D eigenvalue weighted by atomic mass is 16.4. The van der Waals surface area contributed by atoms with E-state index in [0.717, 1.165) is 11.1 Å². The van der Waals surface area contributed by atoms with Crippen molar-refractivity contribution in [3.63, 3.8) is 0 Å². The Balaban J connectivity index is 0.000000240. The molecule has 0 saturated heterocycles. The van der Waals surface area contributed by atoms with Gasteiger partial charge in [-0.2, -0.15) is 0 Å². The largest absolute Gasteiger partial charge is 0.508 e. The normalized spacial score (nSPS) is 9.67. The summed E-state index contributed by atoms with van der Waals surface area (Å²) in [6.45, 7) is 0. The third-order valence-electron chi connectivity index (χ3n) is 3.13. The van der Waals surface area contributed by atoms with Gasteiger partial charge in [-0.05, 0) is 48.2 Å². The number of hydrogen-bond acceptors (Lipinski definition) is 4. The second-order valence-corrected chi connectivity index (χ2v) is 5.12. The molecule has 0 heterocycles. The predicted octanol–water partition coefficient (Wildman–Crippen LogP) is 2.82. The van der Waals surface area contributed by atoms with Crippen molar-refractivity contribution >= 4 is 11.9 Å². The zero-order chi connectivity index (χ0) is 17.9. The summed E-state index contributed by atoms with van der Waals surface area (Å²) in [5.74, 6) is -1.20. The molecule has 0 spiro atoms. The summed E-state index contributed by atoms with van der Waals surface area (Å²) < 4.78 is 0. The van der Waals surface area contributed by atoms with E-state index in [2.05, 4.69) is 0 Å². The van der Waals surface area contributed by atoms with Gasteiger partial charge in [0.2, 0.25) is 0 Å². The molecular formula is C18H20O6. The van der Waals surface area contributed by atoms with Gasteiger partial charge in [0.1, 0.15) is 11.5 Å². The van der Waals surface area contributed by atoms with Crippen LogP contribution < -0.4 is 0 Å². The predicted molar refractivity (Wildman–Crippen MR) is 88.1 cm³/mol. The average molecular weight is 332 g/mol. The molecule has 0 aromatic heterocycles. The van der Waals surface area contributed by atoms with Gasteiger partial charge in [-0.25, -0.2) is 0 Å². The van der Waals surface area contributed by atoms with Crippen molar-refractivity contribution in [2.45, 2.75) is 25.7 Å². The lowest BCUT2D eigenvalue weighted by Gasteiger charge is -1.97. The first-order valence-electron chi connectivity index (χ1n) is 7.36. The van der Waals surface area contributed by atoms with Crippen LogP contribution >= 0.6 is 0 Å². The van der Waals surface area contributed by atoms with E-state index < -0.39 is 11.9 Å². The van der Waals surface area contributed by atoms with Crippen LogP contribution in [0.25, 0.3) is 0 Å². The molecule has 0 radical (unpaired) electrons. The molecule has 0 unspecified atom stereocenters. The number of benzene rings is 2. The van der Waals surface area contributed by atoms with Crippen LogP contribution in [0.15, 0.2) is 48.5 Å². The van der Waals surface area contributed by atoms with Crippen LogP contribution in [0, 0.1) is 0 Å². The van der Waals surface area contributed by atoms with Gasteiger partial charge in [0.25, 0.3) is 0 Å². The molecule has 2 rings (SSSR count). The summed E-state index contributed by atoms with van der Waals surface area (Å²) in [7, 11) is 0. The first-order valence-corrected chi connectivity index (χ1v) is 7.36. The summed E-state index contributed by atoms with van der Waals surface area (Å²) in [6.07, 6.45) is 1.28. The van der Waals surface area contributed by atoms with E-state index in [-0.39, 0.29) is 24.3 Å². The van der Waals surface area contributed by atoms with Gasteiger partial charge in [0, 0.05) is 12.8 Å². The van der Waals surface area contributed by atoms with Gasteiger partial charge in [0.05, 0.1) is 0 Å². The van der Waals surface area contributed by atoms with Gasteiger partial charge >= 0.3 is 11.9 Å². The molecule has 0 aliphatic rings. The van der Waals surface area contributed by atoms with E-state index in [0.29, 0.717) is 12.8 Å². The van der Waals surface area contributed by atoms with Gasteiger partial charge in [0.15, 0.2) is 0 Å². The molecule has 0 saturated carbocycles. The number of phenolic OH excluding ortho intramolecular Hbond substituents is 2. The van der Waals surface area contributed by atoms with Crippen molar-refractivity contribution in [2.24, 2.45) is 0 Å². The summed E-state index contributed by atoms with van der Waals surface area (Å²) in [5, 5.41) is 34.6. The first-order chi connectivity index (χ1) is 11.4. The lowest BCUT2D eigenvalue weighted by Crippen LogP contribution is -1.96. The van der Waals surface area contributed by atoms with Gasteiger partial charge in [-0.3, -0.25) is 9.59 Å². The Bertz CT molecular complexity index is 587. The van der Waals surface area contributed by atoms with Crippen LogP contribution in [0.2, 0.25) is 0 Å². The van der Waals surface area contributed by atoms with Gasteiger partial charge < -0.3 is 20.4 Å². The number of carboxylic acids is 2. The molecule has 0 amide bonds. The van der Waals surface area contributed by atoms with E-state index >= 15 is 0 Å². The quantitative estimate of drug-likeness (QED) is 0.646. The maximum atomic E-state index is 10.2. The standard InChI is InChI=1S/2C9H10O3/c2*10-8-4-1-7(2-5-8)3-6-9(11)12/h2*1-2,4-5,10H,3,6H2,(H,11,12). The van der Waals surface area contributed by atoms with E-state index in [4.69, 9.17) is 20.4 Å². The third-order valence-corrected chi connectivity index (χ3v) is 3.13. The lowest BCUT2D eigenvalue weighted by atomic mass is 10.1.